The van der Waals surface area contributed by atoms with E-state index in [9.17, 15) is 9.59 Å². The monoisotopic (exact) mass is 239 g/mol. The Bertz CT molecular complexity index is 297. The van der Waals surface area contributed by atoms with Gasteiger partial charge in [0.05, 0.1) is 0 Å². The lowest BCUT2D eigenvalue weighted by molar-refractivity contribution is -0.145. The van der Waals surface area contributed by atoms with E-state index in [0.717, 1.165) is 32.2 Å². The van der Waals surface area contributed by atoms with Crippen molar-refractivity contribution >= 4 is 11.7 Å². The molecule has 0 aromatic heterocycles. The summed E-state index contributed by atoms with van der Waals surface area (Å²) in [5.41, 5.74) is -0.299. The number of piperidine rings is 1. The Kier molecular flexibility index (Phi) is 4.72. The molecule has 1 rings (SSSR count). The maximum Gasteiger partial charge on any atom is 0.228 e. The van der Waals surface area contributed by atoms with Crippen LogP contribution in [0.25, 0.3) is 0 Å². The summed E-state index contributed by atoms with van der Waals surface area (Å²) in [6.07, 6.45) is 4.54. The Morgan fingerprint density at radius 2 is 1.94 bits per heavy atom. The highest BCUT2D eigenvalue weighted by Gasteiger charge is 2.35. The summed E-state index contributed by atoms with van der Waals surface area (Å²) in [7, 11) is 0. The number of Topliss-reactive ketones (excluding diaryl/α,β-unsaturated/α-hetero) is 1. The fourth-order valence-corrected chi connectivity index (χ4v) is 2.35. The summed E-state index contributed by atoms with van der Waals surface area (Å²) in [5, 5.41) is 0. The molecule has 0 radical (unpaired) electrons. The second-order valence-electron chi connectivity index (χ2n) is 5.79. The Labute approximate surface area is 105 Å². The third-order valence-electron chi connectivity index (χ3n) is 3.87. The summed E-state index contributed by atoms with van der Waals surface area (Å²) in [5.74, 6) is 0.398. The number of hydrogen-bond donors (Lipinski definition) is 0. The average molecular weight is 239 g/mol. The second-order valence-corrected chi connectivity index (χ2v) is 5.79. The van der Waals surface area contributed by atoms with Gasteiger partial charge in [-0.15, -0.1) is 0 Å². The maximum atomic E-state index is 12.5. The number of hydrogen-bond acceptors (Lipinski definition) is 2. The summed E-state index contributed by atoms with van der Waals surface area (Å²) < 4.78 is 0. The van der Waals surface area contributed by atoms with Crippen molar-refractivity contribution in [3.8, 4) is 0 Å². The van der Waals surface area contributed by atoms with E-state index < -0.39 is 0 Å². The number of carbonyl (C=O) groups is 2. The molecule has 1 unspecified atom stereocenters. The van der Waals surface area contributed by atoms with Gasteiger partial charge in [0, 0.05) is 24.4 Å². The molecule has 0 aliphatic carbocycles. The van der Waals surface area contributed by atoms with E-state index in [1.165, 1.54) is 0 Å². The molecular formula is C14H25NO2. The molecule has 17 heavy (non-hydrogen) atoms. The van der Waals surface area contributed by atoms with Crippen molar-refractivity contribution in [2.45, 2.75) is 65.8 Å². The molecule has 1 fully saturated rings. The molecule has 1 aliphatic rings. The van der Waals surface area contributed by atoms with Crippen molar-refractivity contribution in [2.24, 2.45) is 5.41 Å². The Hall–Kier alpha value is -0.860. The fraction of sp³-hybridized carbons (Fsp3) is 0.857. The van der Waals surface area contributed by atoms with E-state index in [2.05, 4.69) is 0 Å². The zero-order valence-corrected chi connectivity index (χ0v) is 11.6. The summed E-state index contributed by atoms with van der Waals surface area (Å²) >= 11 is 0. The average Bonchev–Trinajstić information content (AvgIpc) is 2.28. The van der Waals surface area contributed by atoms with Crippen LogP contribution in [-0.2, 0) is 9.59 Å². The van der Waals surface area contributed by atoms with Crippen LogP contribution < -0.4 is 0 Å². The third-order valence-corrected chi connectivity index (χ3v) is 3.87. The predicted molar refractivity (Wildman–Crippen MR) is 68.7 cm³/mol. The maximum absolute atomic E-state index is 12.5. The molecule has 1 amide bonds. The van der Waals surface area contributed by atoms with Crippen LogP contribution in [0.4, 0.5) is 0 Å². The van der Waals surface area contributed by atoms with Gasteiger partial charge in [-0.2, -0.15) is 0 Å². The van der Waals surface area contributed by atoms with Gasteiger partial charge >= 0.3 is 0 Å². The predicted octanol–water partition coefficient (Wildman–Crippen LogP) is 2.78. The van der Waals surface area contributed by atoms with Crippen molar-refractivity contribution in [2.75, 3.05) is 6.54 Å². The van der Waals surface area contributed by atoms with Gasteiger partial charge < -0.3 is 4.90 Å². The lowest BCUT2D eigenvalue weighted by Gasteiger charge is -2.39. The Morgan fingerprint density at radius 3 is 2.47 bits per heavy atom. The van der Waals surface area contributed by atoms with Crippen LogP contribution in [0.2, 0.25) is 0 Å². The van der Waals surface area contributed by atoms with E-state index in [-0.39, 0.29) is 23.1 Å². The summed E-state index contributed by atoms with van der Waals surface area (Å²) in [6.45, 7) is 8.47. The van der Waals surface area contributed by atoms with E-state index >= 15 is 0 Å². The van der Waals surface area contributed by atoms with Gasteiger partial charge in [0.2, 0.25) is 5.91 Å². The second kappa shape index (κ2) is 5.65. The highest BCUT2D eigenvalue weighted by Crippen LogP contribution is 2.28. The minimum atomic E-state index is -0.299. The highest BCUT2D eigenvalue weighted by molar-refractivity contribution is 5.83. The van der Waals surface area contributed by atoms with Crippen LogP contribution in [0, 0.1) is 5.41 Å². The zero-order chi connectivity index (χ0) is 13.1. The molecule has 1 saturated heterocycles. The standard InChI is InChI=1S/C14H25NO2/c1-5-14(3,4)13(17)15-9-7-6-8-12(15)10-11(2)16/h12H,5-10H2,1-4H3. The van der Waals surface area contributed by atoms with Crippen LogP contribution in [0.1, 0.15) is 59.8 Å². The molecule has 98 valence electrons. The largest absolute Gasteiger partial charge is 0.339 e. The first-order valence-corrected chi connectivity index (χ1v) is 6.69. The van der Waals surface area contributed by atoms with Crippen LogP contribution in [0.5, 0.6) is 0 Å². The molecule has 0 saturated carbocycles. The van der Waals surface area contributed by atoms with E-state index in [1.807, 2.05) is 25.7 Å². The molecule has 1 aliphatic heterocycles. The molecule has 3 nitrogen and oxygen atoms in total. The SMILES string of the molecule is CCC(C)(C)C(=O)N1CCCCC1CC(C)=O. The first kappa shape index (κ1) is 14.2. The van der Waals surface area contributed by atoms with Gasteiger partial charge in [-0.3, -0.25) is 9.59 Å². The molecule has 0 spiro atoms. The molecule has 1 heterocycles. The number of rotatable bonds is 4. The van der Waals surface area contributed by atoms with Crippen LogP contribution in [0.3, 0.4) is 0 Å². The van der Waals surface area contributed by atoms with Crippen molar-refractivity contribution < 1.29 is 9.59 Å². The van der Waals surface area contributed by atoms with Crippen molar-refractivity contribution in [1.29, 1.82) is 0 Å². The molecule has 0 aromatic rings. The van der Waals surface area contributed by atoms with E-state index in [1.54, 1.807) is 6.92 Å². The van der Waals surface area contributed by atoms with Crippen molar-refractivity contribution in [3.63, 3.8) is 0 Å². The first-order valence-electron chi connectivity index (χ1n) is 6.69. The van der Waals surface area contributed by atoms with Gasteiger partial charge in [0.15, 0.2) is 0 Å². The lowest BCUT2D eigenvalue weighted by Crippen LogP contribution is -2.49. The first-order chi connectivity index (χ1) is 7.88. The summed E-state index contributed by atoms with van der Waals surface area (Å²) in [4.78, 5) is 25.7. The smallest absolute Gasteiger partial charge is 0.228 e. The van der Waals surface area contributed by atoms with Gasteiger partial charge in [-0.05, 0) is 32.6 Å². The fourth-order valence-electron chi connectivity index (χ4n) is 2.35. The summed E-state index contributed by atoms with van der Waals surface area (Å²) in [6, 6.07) is 0.138. The van der Waals surface area contributed by atoms with Crippen molar-refractivity contribution in [3.05, 3.63) is 0 Å². The quantitative estimate of drug-likeness (QED) is 0.756. The Balaban J connectivity index is 2.77. The number of likely N-dealkylation sites (tertiary alicyclic amines) is 1. The minimum absolute atomic E-state index is 0.138. The van der Waals surface area contributed by atoms with Crippen LogP contribution in [-0.4, -0.2) is 29.2 Å². The molecular weight excluding hydrogens is 214 g/mol. The molecule has 0 N–H and O–H groups in total. The van der Waals surface area contributed by atoms with E-state index in [0.29, 0.717) is 6.42 Å². The lowest BCUT2D eigenvalue weighted by atomic mass is 9.86. The molecule has 0 aromatic carbocycles. The van der Waals surface area contributed by atoms with Gasteiger partial charge in [-0.25, -0.2) is 0 Å². The number of carbonyl (C=O) groups excluding carboxylic acids is 2. The minimum Gasteiger partial charge on any atom is -0.339 e. The normalized spacial score (nSPS) is 21.4. The number of amides is 1. The van der Waals surface area contributed by atoms with E-state index in [4.69, 9.17) is 0 Å². The third kappa shape index (κ3) is 3.55. The topological polar surface area (TPSA) is 37.4 Å². The molecule has 1 atom stereocenters. The van der Waals surface area contributed by atoms with Gasteiger partial charge in [0.25, 0.3) is 0 Å². The van der Waals surface area contributed by atoms with Gasteiger partial charge in [0.1, 0.15) is 5.78 Å². The van der Waals surface area contributed by atoms with Gasteiger partial charge in [-0.1, -0.05) is 20.8 Å². The number of ketones is 1. The van der Waals surface area contributed by atoms with Crippen molar-refractivity contribution in [1.82, 2.24) is 4.90 Å². The highest BCUT2D eigenvalue weighted by atomic mass is 16.2. The van der Waals surface area contributed by atoms with Crippen LogP contribution in [0.15, 0.2) is 0 Å². The number of nitrogens with zero attached hydrogens (tertiary/aromatic N) is 1. The zero-order valence-electron chi connectivity index (χ0n) is 11.6. The van der Waals surface area contributed by atoms with Crippen LogP contribution >= 0.6 is 0 Å². The Morgan fingerprint density at radius 1 is 1.29 bits per heavy atom. The molecule has 3 heteroatoms. The molecule has 0 bridgehead atoms.